The van der Waals surface area contributed by atoms with E-state index in [-0.39, 0.29) is 66.4 Å². The third kappa shape index (κ3) is 9.88. The fraction of sp³-hybridized carbons (Fsp3) is 0.357. The molecule has 10 nitrogen and oxygen atoms in total. The van der Waals surface area contributed by atoms with Crippen molar-refractivity contribution in [2.45, 2.75) is 49.8 Å². The summed E-state index contributed by atoms with van der Waals surface area (Å²) in [7, 11) is -9.19. The van der Waals surface area contributed by atoms with Gasteiger partial charge >= 0.3 is 35.5 Å². The molecular weight excluding hydrogens is 579 g/mol. The molecule has 2 aromatic rings. The van der Waals surface area contributed by atoms with Crippen LogP contribution in [0.5, 0.6) is 0 Å². The average molecular weight is 613 g/mol. The van der Waals surface area contributed by atoms with E-state index < -0.39 is 31.4 Å². The molecule has 0 fully saturated rings. The molecule has 1 N–H and O–H groups in total. The van der Waals surface area contributed by atoms with Crippen LogP contribution in [-0.4, -0.2) is 61.1 Å². The molecule has 13 heteroatoms. The van der Waals surface area contributed by atoms with E-state index in [0.717, 1.165) is 5.69 Å². The molecule has 3 rings (SSSR count). The molecule has 0 aromatic heterocycles. The van der Waals surface area contributed by atoms with Gasteiger partial charge in [-0.05, 0) is 57.0 Å². The van der Waals surface area contributed by atoms with Crippen LogP contribution < -0.4 is 34.9 Å². The Labute approximate surface area is 264 Å². The fourth-order valence-electron chi connectivity index (χ4n) is 4.79. The molecule has 0 bridgehead atoms. The number of benzene rings is 2. The van der Waals surface area contributed by atoms with Gasteiger partial charge < -0.3 is 19.2 Å². The van der Waals surface area contributed by atoms with Crippen LogP contribution in [-0.2, 0) is 35.2 Å². The Morgan fingerprint density at radius 2 is 1.76 bits per heavy atom. The van der Waals surface area contributed by atoms with E-state index in [1.54, 1.807) is 25.3 Å². The van der Waals surface area contributed by atoms with Crippen LogP contribution in [0.1, 0.15) is 45.1 Å². The van der Waals surface area contributed by atoms with Crippen molar-refractivity contribution in [1.82, 2.24) is 0 Å². The van der Waals surface area contributed by atoms with Crippen molar-refractivity contribution in [2.24, 2.45) is 0 Å². The van der Waals surface area contributed by atoms with Crippen molar-refractivity contribution in [1.29, 1.82) is 0 Å². The Bertz CT molecular complexity index is 1520. The second kappa shape index (κ2) is 15.2. The summed E-state index contributed by atoms with van der Waals surface area (Å²) in [6, 6.07) is 13.6. The number of fused-ring (bicyclic) bond motifs is 1. The third-order valence-corrected chi connectivity index (χ3v) is 8.24. The third-order valence-electron chi connectivity index (χ3n) is 6.62. The van der Waals surface area contributed by atoms with Gasteiger partial charge in [0.25, 0.3) is 0 Å². The molecule has 0 saturated carbocycles. The maximum absolute atomic E-state index is 12.0. The first-order valence-electron chi connectivity index (χ1n) is 12.8. The fourth-order valence-corrected chi connectivity index (χ4v) is 5.77. The quantitative estimate of drug-likeness (QED) is 0.107. The maximum atomic E-state index is 12.0. The van der Waals surface area contributed by atoms with E-state index in [4.69, 9.17) is 4.74 Å². The van der Waals surface area contributed by atoms with Gasteiger partial charge in [-0.3, -0.25) is 4.79 Å². The first-order valence-corrected chi connectivity index (χ1v) is 15.8. The first-order chi connectivity index (χ1) is 18.8. The molecule has 1 aliphatic heterocycles. The standard InChI is InChI=1S/C28H34N2O8S2.Na/c1-3-38-27(31)14-9-17-28(2)24-21-23(40(35,36)37)15-16-25(24)30(19-10-20-39(32,33)34)26(28)13-7-8-18-29-22-11-5-4-6-12-22;/h4-8,11-13,15-16,18,21H,3,9-10,14,17,19-20H2,1-2H3,(H2,32,33,34,35,36,37);/q;+1/p-1. The van der Waals surface area contributed by atoms with Crippen molar-refractivity contribution < 1.29 is 69.6 Å². The number of hydrogen-bond acceptors (Lipinski definition) is 9. The van der Waals surface area contributed by atoms with Gasteiger partial charge in [0.1, 0.15) is 16.7 Å². The number of para-hydroxylation sites is 1. The first kappa shape index (κ1) is 34.9. The number of hydrogen-bond donors (Lipinski definition) is 1. The van der Waals surface area contributed by atoms with E-state index in [0.29, 0.717) is 29.8 Å². The monoisotopic (exact) mass is 612 g/mol. The van der Waals surface area contributed by atoms with E-state index >= 15 is 0 Å². The van der Waals surface area contributed by atoms with Crippen LogP contribution >= 0.6 is 0 Å². The number of carbonyl (C=O) groups is 1. The second-order valence-electron chi connectivity index (χ2n) is 9.50. The molecule has 1 heterocycles. The molecule has 216 valence electrons. The summed E-state index contributed by atoms with van der Waals surface area (Å²) in [5.41, 5.74) is 1.92. The van der Waals surface area contributed by atoms with E-state index in [2.05, 4.69) is 5.32 Å². The van der Waals surface area contributed by atoms with Crippen molar-refractivity contribution in [2.75, 3.05) is 24.2 Å². The van der Waals surface area contributed by atoms with Crippen LogP contribution in [0.3, 0.4) is 0 Å². The van der Waals surface area contributed by atoms with Crippen LogP contribution in [0.15, 0.2) is 77.9 Å². The van der Waals surface area contributed by atoms with E-state index in [1.165, 1.54) is 18.2 Å². The zero-order valence-corrected chi connectivity index (χ0v) is 27.0. The van der Waals surface area contributed by atoms with Crippen LogP contribution in [0, 0.1) is 0 Å². The van der Waals surface area contributed by atoms with Gasteiger partial charge in [-0.15, -0.1) is 0 Å². The van der Waals surface area contributed by atoms with E-state index in [9.17, 15) is 30.7 Å². The molecule has 0 radical (unpaired) electrons. The van der Waals surface area contributed by atoms with Gasteiger partial charge in [0.05, 0.1) is 27.0 Å². The molecule has 0 amide bonds. The van der Waals surface area contributed by atoms with Crippen molar-refractivity contribution in [3.8, 4) is 0 Å². The average Bonchev–Trinajstić information content (AvgIpc) is 3.10. The van der Waals surface area contributed by atoms with Crippen molar-refractivity contribution in [3.63, 3.8) is 0 Å². The van der Waals surface area contributed by atoms with Gasteiger partial charge in [0, 0.05) is 48.2 Å². The second-order valence-corrected chi connectivity index (χ2v) is 12.4. The molecule has 0 aliphatic carbocycles. The molecule has 1 atom stereocenters. The summed E-state index contributed by atoms with van der Waals surface area (Å²) in [6.07, 6.45) is 8.11. The van der Waals surface area contributed by atoms with Crippen LogP contribution in [0.2, 0.25) is 0 Å². The van der Waals surface area contributed by atoms with Crippen LogP contribution in [0.25, 0.3) is 0 Å². The maximum Gasteiger partial charge on any atom is 1.00 e. The number of nitrogens with one attached hydrogen (secondary N) is 1. The zero-order valence-electron chi connectivity index (χ0n) is 23.4. The smallest absolute Gasteiger partial charge is 0.748 e. The minimum Gasteiger partial charge on any atom is -0.748 e. The summed E-state index contributed by atoms with van der Waals surface area (Å²) in [6.45, 7) is 4.02. The van der Waals surface area contributed by atoms with Gasteiger partial charge in [-0.25, -0.2) is 16.8 Å². The Kier molecular flexibility index (Phi) is 13.0. The Morgan fingerprint density at radius 3 is 2.39 bits per heavy atom. The molecule has 0 saturated heterocycles. The molecule has 41 heavy (non-hydrogen) atoms. The number of allylic oxidation sites excluding steroid dienone is 3. The van der Waals surface area contributed by atoms with Gasteiger partial charge in [0.15, 0.2) is 5.71 Å². The van der Waals surface area contributed by atoms with E-state index in [1.807, 2.05) is 47.9 Å². The summed E-state index contributed by atoms with van der Waals surface area (Å²) in [5, 5.41) is 3.14. The normalized spacial score (nSPS) is 17.1. The molecule has 1 unspecified atom stereocenters. The molecular formula is C28H33N2NaO8S2. The number of esters is 1. The zero-order chi connectivity index (χ0) is 29.4. The minimum atomic E-state index is -4.75. The Balaban J connectivity index is 0.00000588. The SMILES string of the molecule is CCOC(=O)CCCC1(C)C(/C=C/C=C/Nc2ccccc2)=[N+](CCCS(=O)(=O)[O-])c2ccc(S(=O)(=O)[O-])cc21.[Na+]. The number of rotatable bonds is 14. The molecule has 0 spiro atoms. The number of nitrogens with zero attached hydrogens (tertiary/aromatic N) is 1. The number of carbonyl (C=O) groups excluding carboxylic acids is 1. The topological polar surface area (TPSA) is 156 Å². The summed E-state index contributed by atoms with van der Waals surface area (Å²) in [5.74, 6) is -0.923. The summed E-state index contributed by atoms with van der Waals surface area (Å²) < 4.78 is 76.3. The number of anilines is 1. The Hall–Kier alpha value is -2.32. The molecule has 1 aliphatic rings. The Morgan fingerprint density at radius 1 is 1.05 bits per heavy atom. The van der Waals surface area contributed by atoms with Crippen molar-refractivity contribution in [3.05, 3.63) is 78.5 Å². The predicted octanol–water partition coefficient (Wildman–Crippen LogP) is 0.802. The van der Waals surface area contributed by atoms with Gasteiger partial charge in [-0.1, -0.05) is 24.3 Å². The van der Waals surface area contributed by atoms with Gasteiger partial charge in [-0.2, -0.15) is 4.58 Å². The minimum absolute atomic E-state index is 0. The largest absolute Gasteiger partial charge is 1.00 e. The predicted molar refractivity (Wildman–Crippen MR) is 150 cm³/mol. The van der Waals surface area contributed by atoms with Gasteiger partial charge in [0.2, 0.25) is 5.69 Å². The summed E-state index contributed by atoms with van der Waals surface area (Å²) >= 11 is 0. The molecule has 2 aromatic carbocycles. The van der Waals surface area contributed by atoms with Crippen LogP contribution in [0.4, 0.5) is 11.4 Å². The number of ether oxygens (including phenoxy) is 1. The van der Waals surface area contributed by atoms with Crippen molar-refractivity contribution >= 4 is 43.3 Å². The summed E-state index contributed by atoms with van der Waals surface area (Å²) in [4.78, 5) is 11.6.